The molecule has 1 fully saturated rings. The lowest BCUT2D eigenvalue weighted by atomic mass is 10.0. The molecule has 21 heavy (non-hydrogen) atoms. The molecule has 0 bridgehead atoms. The van der Waals surface area contributed by atoms with E-state index in [-0.39, 0.29) is 0 Å². The van der Waals surface area contributed by atoms with Gasteiger partial charge in [0.25, 0.3) is 0 Å². The third kappa shape index (κ3) is 5.67. The number of rotatable bonds is 8. The minimum Gasteiger partial charge on any atom is -0.309 e. The zero-order chi connectivity index (χ0) is 14.9. The van der Waals surface area contributed by atoms with Gasteiger partial charge in [-0.05, 0) is 43.4 Å². The van der Waals surface area contributed by atoms with Crippen molar-refractivity contribution >= 4 is 11.8 Å². The number of hydrogen-bond donors (Lipinski definition) is 1. The molecule has 0 radical (unpaired) electrons. The fourth-order valence-electron chi connectivity index (χ4n) is 3.04. The number of benzene rings is 1. The van der Waals surface area contributed by atoms with E-state index in [1.807, 2.05) is 0 Å². The Bertz CT molecular complexity index is 381. The van der Waals surface area contributed by atoms with E-state index < -0.39 is 0 Å². The Kier molecular flexibility index (Phi) is 7.66. The first kappa shape index (κ1) is 16.9. The molecule has 2 heteroatoms. The van der Waals surface area contributed by atoms with E-state index in [1.165, 1.54) is 55.4 Å². The predicted molar refractivity (Wildman–Crippen MR) is 96.2 cm³/mol. The molecule has 1 unspecified atom stereocenters. The first-order valence-electron chi connectivity index (χ1n) is 8.77. The van der Waals surface area contributed by atoms with Crippen molar-refractivity contribution in [2.24, 2.45) is 0 Å². The molecule has 1 aromatic carbocycles. The van der Waals surface area contributed by atoms with Gasteiger partial charge >= 0.3 is 0 Å². The van der Waals surface area contributed by atoms with Gasteiger partial charge in [-0.1, -0.05) is 57.4 Å². The highest BCUT2D eigenvalue weighted by Crippen LogP contribution is 2.31. The van der Waals surface area contributed by atoms with Crippen LogP contribution in [0.2, 0.25) is 0 Å². The molecule has 1 aromatic rings. The van der Waals surface area contributed by atoms with Crippen molar-refractivity contribution in [1.29, 1.82) is 0 Å². The van der Waals surface area contributed by atoms with Crippen LogP contribution in [0.1, 0.15) is 69.5 Å². The summed E-state index contributed by atoms with van der Waals surface area (Å²) >= 11 is 2.20. The van der Waals surface area contributed by atoms with Gasteiger partial charge in [0, 0.05) is 17.0 Å². The van der Waals surface area contributed by atoms with E-state index in [9.17, 15) is 0 Å². The van der Waals surface area contributed by atoms with Gasteiger partial charge in [0.1, 0.15) is 0 Å². The molecular formula is C19H31NS. The fourth-order valence-corrected chi connectivity index (χ4v) is 4.48. The summed E-state index contributed by atoms with van der Waals surface area (Å²) in [4.78, 5) is 0. The van der Waals surface area contributed by atoms with Gasteiger partial charge in [0.2, 0.25) is 0 Å². The Balaban J connectivity index is 1.91. The topological polar surface area (TPSA) is 12.0 Å². The SMILES string of the molecule is CCCNC(CSC1CCCCC1)c1ccc(CC)cc1. The minimum atomic E-state index is 0.516. The zero-order valence-electron chi connectivity index (χ0n) is 13.7. The maximum absolute atomic E-state index is 3.74. The smallest absolute Gasteiger partial charge is 0.0411 e. The summed E-state index contributed by atoms with van der Waals surface area (Å²) in [6.45, 7) is 5.59. The summed E-state index contributed by atoms with van der Waals surface area (Å²) in [7, 11) is 0. The summed E-state index contributed by atoms with van der Waals surface area (Å²) in [5.74, 6) is 1.22. The molecule has 0 saturated heterocycles. The molecule has 0 aliphatic heterocycles. The van der Waals surface area contributed by atoms with Crippen molar-refractivity contribution in [2.45, 2.75) is 70.1 Å². The highest BCUT2D eigenvalue weighted by atomic mass is 32.2. The highest BCUT2D eigenvalue weighted by molar-refractivity contribution is 7.99. The lowest BCUT2D eigenvalue weighted by molar-refractivity contribution is 0.513. The molecule has 1 aliphatic rings. The third-order valence-corrected chi connectivity index (χ3v) is 5.95. The van der Waals surface area contributed by atoms with E-state index in [0.29, 0.717) is 6.04 Å². The summed E-state index contributed by atoms with van der Waals surface area (Å²) in [5, 5.41) is 4.64. The Hall–Kier alpha value is -0.470. The third-order valence-electron chi connectivity index (χ3n) is 4.48. The average molecular weight is 306 g/mol. The Morgan fingerprint density at radius 3 is 2.43 bits per heavy atom. The van der Waals surface area contributed by atoms with Crippen molar-refractivity contribution in [1.82, 2.24) is 5.32 Å². The van der Waals surface area contributed by atoms with Crippen LogP contribution in [-0.4, -0.2) is 17.5 Å². The van der Waals surface area contributed by atoms with Crippen LogP contribution in [0.3, 0.4) is 0 Å². The van der Waals surface area contributed by atoms with E-state index in [1.54, 1.807) is 0 Å². The Morgan fingerprint density at radius 2 is 1.81 bits per heavy atom. The lowest BCUT2D eigenvalue weighted by Crippen LogP contribution is -2.25. The lowest BCUT2D eigenvalue weighted by Gasteiger charge is -2.25. The standard InChI is InChI=1S/C19H31NS/c1-3-14-20-19(15-21-18-8-6-5-7-9-18)17-12-10-16(4-2)11-13-17/h10-13,18-20H,3-9,14-15H2,1-2H3. The quantitative estimate of drug-likeness (QED) is 0.694. The number of hydrogen-bond acceptors (Lipinski definition) is 2. The highest BCUT2D eigenvalue weighted by Gasteiger charge is 2.17. The molecule has 2 rings (SSSR count). The maximum Gasteiger partial charge on any atom is 0.0411 e. The maximum atomic E-state index is 3.74. The second kappa shape index (κ2) is 9.53. The van der Waals surface area contributed by atoms with E-state index in [4.69, 9.17) is 0 Å². The molecule has 1 saturated carbocycles. The Morgan fingerprint density at radius 1 is 1.10 bits per heavy atom. The molecule has 0 amide bonds. The normalized spacial score (nSPS) is 17.8. The molecule has 1 aliphatic carbocycles. The monoisotopic (exact) mass is 305 g/mol. The van der Waals surface area contributed by atoms with Crippen LogP contribution in [0.15, 0.2) is 24.3 Å². The summed E-state index contributed by atoms with van der Waals surface area (Å²) < 4.78 is 0. The van der Waals surface area contributed by atoms with E-state index in [0.717, 1.165) is 18.2 Å². The molecule has 1 atom stereocenters. The molecule has 1 N–H and O–H groups in total. The first-order valence-corrected chi connectivity index (χ1v) is 9.82. The Labute approximate surface area is 135 Å². The zero-order valence-corrected chi connectivity index (χ0v) is 14.6. The van der Waals surface area contributed by atoms with Gasteiger partial charge in [-0.15, -0.1) is 0 Å². The summed E-state index contributed by atoms with van der Waals surface area (Å²) in [5.41, 5.74) is 2.90. The molecule has 118 valence electrons. The second-order valence-electron chi connectivity index (χ2n) is 6.20. The van der Waals surface area contributed by atoms with Crippen LogP contribution in [0, 0.1) is 0 Å². The summed E-state index contributed by atoms with van der Waals surface area (Å²) in [6, 6.07) is 9.76. The van der Waals surface area contributed by atoms with Crippen LogP contribution >= 0.6 is 11.8 Å². The molecule has 0 spiro atoms. The van der Waals surface area contributed by atoms with Gasteiger partial charge < -0.3 is 5.32 Å². The van der Waals surface area contributed by atoms with Gasteiger partial charge in [0.15, 0.2) is 0 Å². The number of nitrogens with one attached hydrogen (secondary N) is 1. The van der Waals surface area contributed by atoms with Gasteiger partial charge in [0.05, 0.1) is 0 Å². The minimum absolute atomic E-state index is 0.516. The molecule has 0 aromatic heterocycles. The molecule has 1 nitrogen and oxygen atoms in total. The average Bonchev–Trinajstić information content (AvgIpc) is 2.56. The first-order chi connectivity index (χ1) is 10.3. The van der Waals surface area contributed by atoms with Crippen LogP contribution in [0.4, 0.5) is 0 Å². The van der Waals surface area contributed by atoms with Crippen LogP contribution in [0.5, 0.6) is 0 Å². The van der Waals surface area contributed by atoms with Crippen molar-refractivity contribution in [3.8, 4) is 0 Å². The van der Waals surface area contributed by atoms with Crippen molar-refractivity contribution in [2.75, 3.05) is 12.3 Å². The van der Waals surface area contributed by atoms with Crippen molar-refractivity contribution in [3.05, 3.63) is 35.4 Å². The van der Waals surface area contributed by atoms with Crippen LogP contribution < -0.4 is 5.32 Å². The van der Waals surface area contributed by atoms with Crippen LogP contribution in [0.25, 0.3) is 0 Å². The predicted octanol–water partition coefficient (Wildman–Crippen LogP) is 5.36. The largest absolute Gasteiger partial charge is 0.309 e. The molecular weight excluding hydrogens is 274 g/mol. The van der Waals surface area contributed by atoms with E-state index >= 15 is 0 Å². The van der Waals surface area contributed by atoms with Gasteiger partial charge in [-0.2, -0.15) is 11.8 Å². The molecule has 0 heterocycles. The van der Waals surface area contributed by atoms with Crippen molar-refractivity contribution < 1.29 is 0 Å². The summed E-state index contributed by atoms with van der Waals surface area (Å²) in [6.07, 6.45) is 9.53. The number of thioether (sulfide) groups is 1. The van der Waals surface area contributed by atoms with Crippen LogP contribution in [-0.2, 0) is 6.42 Å². The fraction of sp³-hybridized carbons (Fsp3) is 0.684. The van der Waals surface area contributed by atoms with Crippen molar-refractivity contribution in [3.63, 3.8) is 0 Å². The van der Waals surface area contributed by atoms with Gasteiger partial charge in [-0.25, -0.2) is 0 Å². The van der Waals surface area contributed by atoms with E-state index in [2.05, 4.69) is 55.2 Å². The second-order valence-corrected chi connectivity index (χ2v) is 7.53. The van der Waals surface area contributed by atoms with Gasteiger partial charge in [-0.3, -0.25) is 0 Å². The number of aryl methyl sites for hydroxylation is 1.